The van der Waals surface area contributed by atoms with E-state index in [0.29, 0.717) is 6.54 Å². The van der Waals surface area contributed by atoms with Crippen LogP contribution in [0.4, 0.5) is 0 Å². The molecule has 0 aliphatic rings. The summed E-state index contributed by atoms with van der Waals surface area (Å²) in [5.41, 5.74) is 11.0. The lowest BCUT2D eigenvalue weighted by Gasteiger charge is -2.26. The maximum absolute atomic E-state index is 12.9. The minimum absolute atomic E-state index is 0.116. The monoisotopic (exact) mass is 509 g/mol. The Kier molecular flexibility index (Phi) is 18.0. The third-order valence-corrected chi connectivity index (χ3v) is 6.80. The molecule has 3 amide bonds. The number of rotatable bonds is 22. The van der Waals surface area contributed by atoms with E-state index in [1.807, 2.05) is 17.5 Å². The number of nitrogens with two attached hydrogens (primary N) is 2. The van der Waals surface area contributed by atoms with E-state index in [9.17, 15) is 14.4 Å². The van der Waals surface area contributed by atoms with Gasteiger partial charge in [0.2, 0.25) is 17.7 Å². The van der Waals surface area contributed by atoms with Crippen molar-refractivity contribution in [2.45, 2.75) is 84.1 Å². The Morgan fingerprint density at radius 2 is 1.51 bits per heavy atom. The van der Waals surface area contributed by atoms with Gasteiger partial charge in [-0.2, -0.15) is 0 Å². The summed E-state index contributed by atoms with van der Waals surface area (Å²) in [5.74, 6) is -1.06. The van der Waals surface area contributed by atoms with Gasteiger partial charge in [0.1, 0.15) is 0 Å². The lowest BCUT2D eigenvalue weighted by atomic mass is 10.1. The quantitative estimate of drug-likeness (QED) is 0.207. The van der Waals surface area contributed by atoms with Crippen LogP contribution < -0.4 is 16.8 Å². The lowest BCUT2D eigenvalue weighted by molar-refractivity contribution is -0.141. The second kappa shape index (κ2) is 20.2. The fraction of sp³-hybridized carbons (Fsp3) is 0.731. The molecule has 8 nitrogen and oxygen atoms in total. The van der Waals surface area contributed by atoms with Crippen molar-refractivity contribution in [3.63, 3.8) is 0 Å². The standard InChI is InChI=1S/C26H47N5O3S/c1-2-3-4-5-6-7-8-9-10-11-12-16-29-19-25(33)30(17-15-27)22-26(34)31(21-24(28)32)20-23-14-13-18-35-23/h13-14,18,29H,2-12,15-17,19-22,27H2,1H3,(H2,28,32). The fourth-order valence-electron chi connectivity index (χ4n) is 3.94. The molecular weight excluding hydrogens is 462 g/mol. The van der Waals surface area contributed by atoms with Crippen molar-refractivity contribution in [2.75, 3.05) is 39.3 Å². The van der Waals surface area contributed by atoms with E-state index in [1.54, 1.807) is 0 Å². The molecule has 1 rings (SSSR count). The Labute approximate surface area is 215 Å². The van der Waals surface area contributed by atoms with Crippen LogP contribution in [0.15, 0.2) is 17.5 Å². The average molecular weight is 510 g/mol. The number of unbranched alkanes of at least 4 members (excludes halogenated alkanes) is 10. The largest absolute Gasteiger partial charge is 0.368 e. The van der Waals surface area contributed by atoms with Gasteiger partial charge < -0.3 is 26.6 Å². The van der Waals surface area contributed by atoms with E-state index < -0.39 is 5.91 Å². The van der Waals surface area contributed by atoms with Crippen LogP contribution in [0.2, 0.25) is 0 Å². The number of nitrogens with zero attached hydrogens (tertiary/aromatic N) is 2. The van der Waals surface area contributed by atoms with Gasteiger partial charge in [0.25, 0.3) is 0 Å². The predicted octanol–water partition coefficient (Wildman–Crippen LogP) is 3.25. The van der Waals surface area contributed by atoms with Crippen molar-refractivity contribution in [3.8, 4) is 0 Å². The smallest absolute Gasteiger partial charge is 0.242 e. The van der Waals surface area contributed by atoms with Crippen LogP contribution in [-0.4, -0.2) is 66.8 Å². The van der Waals surface area contributed by atoms with Crippen LogP contribution in [0.1, 0.15) is 82.4 Å². The molecule has 0 fully saturated rings. The number of primary amides is 1. The van der Waals surface area contributed by atoms with E-state index in [2.05, 4.69) is 12.2 Å². The maximum Gasteiger partial charge on any atom is 0.242 e. The zero-order valence-corrected chi connectivity index (χ0v) is 22.5. The first-order valence-electron chi connectivity index (χ1n) is 13.2. The van der Waals surface area contributed by atoms with Crippen molar-refractivity contribution in [3.05, 3.63) is 22.4 Å². The van der Waals surface area contributed by atoms with Crippen molar-refractivity contribution < 1.29 is 14.4 Å². The van der Waals surface area contributed by atoms with E-state index in [4.69, 9.17) is 11.5 Å². The molecule has 0 saturated heterocycles. The zero-order chi connectivity index (χ0) is 25.7. The molecule has 0 radical (unpaired) electrons. The minimum Gasteiger partial charge on any atom is -0.368 e. The SMILES string of the molecule is CCCCCCCCCCCCCNCC(=O)N(CCN)CC(=O)N(CC(N)=O)Cc1cccs1. The van der Waals surface area contributed by atoms with Gasteiger partial charge in [-0.1, -0.05) is 77.2 Å². The van der Waals surface area contributed by atoms with Crippen LogP contribution in [0.5, 0.6) is 0 Å². The molecule has 0 unspecified atom stereocenters. The Hall–Kier alpha value is -1.97. The number of amides is 3. The Bertz CT molecular complexity index is 699. The number of hydrogen-bond acceptors (Lipinski definition) is 6. The summed E-state index contributed by atoms with van der Waals surface area (Å²) in [6, 6.07) is 3.78. The van der Waals surface area contributed by atoms with Crippen molar-refractivity contribution in [2.24, 2.45) is 11.5 Å². The molecular formula is C26H47N5O3S. The van der Waals surface area contributed by atoms with E-state index in [0.717, 1.165) is 24.3 Å². The van der Waals surface area contributed by atoms with Crippen LogP contribution in [0, 0.1) is 0 Å². The van der Waals surface area contributed by atoms with Crippen LogP contribution in [-0.2, 0) is 20.9 Å². The topological polar surface area (TPSA) is 122 Å². The first-order chi connectivity index (χ1) is 17.0. The second-order valence-corrected chi connectivity index (χ2v) is 10.1. The summed E-state index contributed by atoms with van der Waals surface area (Å²) < 4.78 is 0. The predicted molar refractivity (Wildman–Crippen MR) is 144 cm³/mol. The highest BCUT2D eigenvalue weighted by Gasteiger charge is 2.22. The molecule has 5 N–H and O–H groups in total. The van der Waals surface area contributed by atoms with Crippen molar-refractivity contribution in [1.29, 1.82) is 0 Å². The zero-order valence-electron chi connectivity index (χ0n) is 21.6. The highest BCUT2D eigenvalue weighted by atomic mass is 32.1. The first kappa shape index (κ1) is 31.1. The molecule has 9 heteroatoms. The third kappa shape index (κ3) is 15.6. The van der Waals surface area contributed by atoms with Gasteiger partial charge in [0, 0.05) is 18.0 Å². The molecule has 1 aromatic rings. The molecule has 1 heterocycles. The van der Waals surface area contributed by atoms with Crippen molar-refractivity contribution in [1.82, 2.24) is 15.1 Å². The highest BCUT2D eigenvalue weighted by Crippen LogP contribution is 2.13. The molecule has 35 heavy (non-hydrogen) atoms. The first-order valence-corrected chi connectivity index (χ1v) is 14.1. The van der Waals surface area contributed by atoms with Gasteiger partial charge in [-0.15, -0.1) is 11.3 Å². The summed E-state index contributed by atoms with van der Waals surface area (Å²) in [6.07, 6.45) is 14.1. The summed E-state index contributed by atoms with van der Waals surface area (Å²) in [4.78, 5) is 40.8. The Morgan fingerprint density at radius 3 is 2.06 bits per heavy atom. The number of nitrogens with one attached hydrogen (secondary N) is 1. The summed E-state index contributed by atoms with van der Waals surface area (Å²) in [7, 11) is 0. The molecule has 0 saturated carbocycles. The van der Waals surface area contributed by atoms with Crippen molar-refractivity contribution >= 4 is 29.1 Å². The molecule has 1 aromatic heterocycles. The Morgan fingerprint density at radius 1 is 0.886 bits per heavy atom. The van der Waals surface area contributed by atoms with E-state index >= 15 is 0 Å². The number of carbonyl (C=O) groups is 3. The molecule has 200 valence electrons. The van der Waals surface area contributed by atoms with Crippen LogP contribution in [0.25, 0.3) is 0 Å². The number of thiophene rings is 1. The van der Waals surface area contributed by atoms with Gasteiger partial charge in [0.05, 0.1) is 26.2 Å². The average Bonchev–Trinajstić information content (AvgIpc) is 3.34. The second-order valence-electron chi connectivity index (χ2n) is 9.11. The van der Waals surface area contributed by atoms with Gasteiger partial charge in [-0.25, -0.2) is 0 Å². The van der Waals surface area contributed by atoms with E-state index in [1.165, 1.54) is 78.9 Å². The molecule has 0 spiro atoms. The summed E-state index contributed by atoms with van der Waals surface area (Å²) in [5, 5.41) is 5.11. The lowest BCUT2D eigenvalue weighted by Crippen LogP contribution is -2.48. The number of hydrogen-bond donors (Lipinski definition) is 3. The minimum atomic E-state index is -0.583. The normalized spacial score (nSPS) is 10.9. The third-order valence-electron chi connectivity index (χ3n) is 5.94. The maximum atomic E-state index is 12.9. The fourth-order valence-corrected chi connectivity index (χ4v) is 4.66. The van der Waals surface area contributed by atoms with Crippen LogP contribution in [0.3, 0.4) is 0 Å². The van der Waals surface area contributed by atoms with Gasteiger partial charge in [-0.05, 0) is 24.4 Å². The Balaban J connectivity index is 2.27. The highest BCUT2D eigenvalue weighted by molar-refractivity contribution is 7.09. The molecule has 0 bridgehead atoms. The van der Waals surface area contributed by atoms with Gasteiger partial charge in [0.15, 0.2) is 0 Å². The molecule has 0 atom stereocenters. The van der Waals surface area contributed by atoms with Crippen LogP contribution >= 0.6 is 11.3 Å². The molecule has 0 aromatic carbocycles. The number of carbonyl (C=O) groups excluding carboxylic acids is 3. The van der Waals surface area contributed by atoms with E-state index in [-0.39, 0.29) is 44.5 Å². The molecule has 0 aliphatic heterocycles. The van der Waals surface area contributed by atoms with Gasteiger partial charge >= 0.3 is 0 Å². The summed E-state index contributed by atoms with van der Waals surface area (Å²) in [6.45, 7) is 3.74. The molecule has 0 aliphatic carbocycles. The van der Waals surface area contributed by atoms with Gasteiger partial charge in [-0.3, -0.25) is 14.4 Å². The summed E-state index contributed by atoms with van der Waals surface area (Å²) >= 11 is 1.50.